The fourth-order valence-electron chi connectivity index (χ4n) is 4.04. The fraction of sp³-hybridized carbons (Fsp3) is 0.438. The van der Waals surface area contributed by atoms with E-state index in [1.54, 1.807) is 13.1 Å². The number of aromatic nitrogens is 2. The molecule has 4 heterocycles. The molecular formula is C16H16N3NaO6S2. The van der Waals surface area contributed by atoms with Crippen LogP contribution in [0.15, 0.2) is 23.2 Å². The Bertz CT molecular complexity index is 1130. The monoisotopic (exact) mass is 433 g/mol. The smallest absolute Gasteiger partial charge is 0.543 e. The van der Waals surface area contributed by atoms with Crippen LogP contribution >= 0.6 is 11.3 Å². The maximum absolute atomic E-state index is 12.4. The van der Waals surface area contributed by atoms with E-state index in [4.69, 9.17) is 0 Å². The van der Waals surface area contributed by atoms with Gasteiger partial charge in [-0.3, -0.25) is 9.20 Å². The summed E-state index contributed by atoms with van der Waals surface area (Å²) < 4.78 is 25.3. The van der Waals surface area contributed by atoms with Crippen LogP contribution < -0.4 is 34.7 Å². The first-order valence-electron chi connectivity index (χ1n) is 8.17. The number of carbonyl (C=O) groups excluding carboxylic acids is 2. The van der Waals surface area contributed by atoms with E-state index in [0.717, 1.165) is 17.6 Å². The van der Waals surface area contributed by atoms with Crippen molar-refractivity contribution >= 4 is 43.5 Å². The average Bonchev–Trinajstić information content (AvgIpc) is 3.15. The number of carboxylic acid groups (broad SMARTS) is 1. The van der Waals surface area contributed by atoms with E-state index in [1.165, 1.54) is 22.6 Å². The third kappa shape index (κ3) is 2.87. The van der Waals surface area contributed by atoms with Gasteiger partial charge in [0, 0.05) is 23.9 Å². The first kappa shape index (κ1) is 21.5. The molecule has 2 aliphatic rings. The van der Waals surface area contributed by atoms with Crippen LogP contribution in [0, 0.1) is 11.8 Å². The number of hydrogen-bond donors (Lipinski definition) is 1. The van der Waals surface area contributed by atoms with Crippen LogP contribution in [0.25, 0.3) is 10.4 Å². The van der Waals surface area contributed by atoms with Gasteiger partial charge in [-0.2, -0.15) is 0 Å². The van der Waals surface area contributed by atoms with E-state index in [2.05, 4.69) is 4.98 Å². The summed E-state index contributed by atoms with van der Waals surface area (Å²) >= 11 is 1.09. The maximum atomic E-state index is 12.4. The third-order valence-electron chi connectivity index (χ3n) is 5.16. The maximum Gasteiger partial charge on any atom is 1.00 e. The molecule has 0 radical (unpaired) electrons. The molecule has 2 aromatic heterocycles. The predicted octanol–water partition coefficient (Wildman–Crippen LogP) is -3.88. The van der Waals surface area contributed by atoms with Gasteiger partial charge < -0.3 is 19.9 Å². The zero-order valence-electron chi connectivity index (χ0n) is 15.6. The number of carbonyl (C=O) groups is 2. The molecule has 144 valence electrons. The Labute approximate surface area is 186 Å². The minimum Gasteiger partial charge on any atom is -0.543 e. The number of rotatable bonds is 4. The third-order valence-corrected chi connectivity index (χ3v) is 7.44. The molecule has 1 fully saturated rings. The molecule has 1 saturated heterocycles. The van der Waals surface area contributed by atoms with Crippen LogP contribution in [0.5, 0.6) is 0 Å². The molecule has 0 unspecified atom stereocenters. The SMILES string of the molecule is C[C@@H](O)[C@H]1C(=O)N2C(C(=O)[O-])=C(c3cn4cnc(S(C)(=O)=O)c4s3)[C@H](C)[C@H]12.[Na+]. The molecule has 12 heteroatoms. The first-order chi connectivity index (χ1) is 12.5. The Balaban J connectivity index is 0.00000225. The van der Waals surface area contributed by atoms with Crippen LogP contribution in [-0.4, -0.2) is 58.1 Å². The van der Waals surface area contributed by atoms with Gasteiger partial charge in [-0.25, -0.2) is 13.4 Å². The van der Waals surface area contributed by atoms with Gasteiger partial charge in [0.25, 0.3) is 0 Å². The number of thiazole rings is 1. The van der Waals surface area contributed by atoms with E-state index in [0.29, 0.717) is 15.3 Å². The second-order valence-electron chi connectivity index (χ2n) is 6.93. The number of aliphatic hydroxyl groups excluding tert-OH is 1. The van der Waals surface area contributed by atoms with Gasteiger partial charge >= 0.3 is 29.6 Å². The van der Waals surface area contributed by atoms with Crippen LogP contribution in [0.4, 0.5) is 0 Å². The number of aliphatic carboxylic acids is 1. The number of nitrogens with zero attached hydrogens (tertiary/aromatic N) is 3. The molecule has 4 rings (SSSR count). The number of hydrogen-bond acceptors (Lipinski definition) is 8. The summed E-state index contributed by atoms with van der Waals surface area (Å²) in [7, 11) is -3.54. The van der Waals surface area contributed by atoms with Gasteiger partial charge in [0.05, 0.1) is 34.6 Å². The van der Waals surface area contributed by atoms with Crippen molar-refractivity contribution in [3.05, 3.63) is 23.1 Å². The number of amides is 1. The summed E-state index contributed by atoms with van der Waals surface area (Å²) in [4.78, 5) is 30.1. The average molecular weight is 433 g/mol. The molecule has 1 amide bonds. The summed E-state index contributed by atoms with van der Waals surface area (Å²) in [6.07, 6.45) is 3.10. The normalized spacial score (nSPS) is 25.5. The molecule has 28 heavy (non-hydrogen) atoms. The summed E-state index contributed by atoms with van der Waals surface area (Å²) in [6, 6.07) is -0.464. The van der Waals surface area contributed by atoms with Crippen molar-refractivity contribution in [1.82, 2.24) is 14.3 Å². The number of β-lactam (4-membered cyclic amide) rings is 1. The number of aliphatic hydroxyl groups is 1. The number of carboxylic acids is 1. The van der Waals surface area contributed by atoms with E-state index in [9.17, 15) is 28.2 Å². The molecule has 0 bridgehead atoms. The molecule has 0 aromatic carbocycles. The molecule has 0 aliphatic carbocycles. The Morgan fingerprint density at radius 1 is 1.43 bits per heavy atom. The summed E-state index contributed by atoms with van der Waals surface area (Å²) in [6.45, 7) is 3.29. The quantitative estimate of drug-likeness (QED) is 0.385. The summed E-state index contributed by atoms with van der Waals surface area (Å²) in [5.41, 5.74) is 0.192. The Kier molecular flexibility index (Phi) is 5.31. The van der Waals surface area contributed by atoms with Crippen molar-refractivity contribution in [3.63, 3.8) is 0 Å². The van der Waals surface area contributed by atoms with E-state index in [-0.39, 0.29) is 46.2 Å². The van der Waals surface area contributed by atoms with Gasteiger partial charge in [-0.05, 0) is 6.92 Å². The molecule has 2 aromatic rings. The van der Waals surface area contributed by atoms with Crippen molar-refractivity contribution in [1.29, 1.82) is 0 Å². The minimum absolute atomic E-state index is 0. The van der Waals surface area contributed by atoms with Gasteiger partial charge in [0.2, 0.25) is 5.91 Å². The van der Waals surface area contributed by atoms with E-state index < -0.39 is 39.8 Å². The topological polar surface area (TPSA) is 132 Å². The summed E-state index contributed by atoms with van der Waals surface area (Å²) in [5, 5.41) is 21.6. The van der Waals surface area contributed by atoms with Gasteiger partial charge in [0.1, 0.15) is 11.2 Å². The number of imidazole rings is 1. The van der Waals surface area contributed by atoms with Gasteiger partial charge in [0.15, 0.2) is 14.9 Å². The molecule has 0 saturated carbocycles. The first-order valence-corrected chi connectivity index (χ1v) is 10.9. The Morgan fingerprint density at radius 3 is 2.61 bits per heavy atom. The Morgan fingerprint density at radius 2 is 2.07 bits per heavy atom. The number of fused-ring (bicyclic) bond motifs is 2. The van der Waals surface area contributed by atoms with Gasteiger partial charge in [-0.15, -0.1) is 11.3 Å². The van der Waals surface area contributed by atoms with Crippen molar-refractivity contribution in [2.24, 2.45) is 11.8 Å². The van der Waals surface area contributed by atoms with Crippen molar-refractivity contribution < 1.29 is 57.8 Å². The van der Waals surface area contributed by atoms with Crippen LogP contribution in [0.3, 0.4) is 0 Å². The molecule has 2 aliphatic heterocycles. The molecule has 0 spiro atoms. The van der Waals surface area contributed by atoms with Crippen LogP contribution in [0.2, 0.25) is 0 Å². The standard InChI is InChI=1S/C16H17N3O6S2.Na/c1-6-9(8-4-18-5-17-13(15(18)26-8)27(3,24)25)12(16(22)23)19-11(6)10(7(2)20)14(19)21;/h4-7,10-11,20H,1-3H3,(H,22,23);/q;+1/p-1/t6-,7+,10+,11+;/m0./s1. The molecule has 9 nitrogen and oxygen atoms in total. The largest absolute Gasteiger partial charge is 1.00 e. The second-order valence-corrected chi connectivity index (χ2v) is 9.90. The number of sulfone groups is 1. The molecular weight excluding hydrogens is 417 g/mol. The Hall–Kier alpha value is -1.24. The predicted molar refractivity (Wildman–Crippen MR) is 93.1 cm³/mol. The fourth-order valence-corrected chi connectivity index (χ4v) is 6.39. The van der Waals surface area contributed by atoms with Crippen LogP contribution in [-0.2, 0) is 19.4 Å². The van der Waals surface area contributed by atoms with E-state index >= 15 is 0 Å². The van der Waals surface area contributed by atoms with Crippen molar-refractivity contribution in [3.8, 4) is 0 Å². The zero-order chi connectivity index (χ0) is 19.8. The molecule has 1 N–H and O–H groups in total. The van der Waals surface area contributed by atoms with Crippen molar-refractivity contribution in [2.45, 2.75) is 31.0 Å². The molecule has 4 atom stereocenters. The minimum atomic E-state index is -3.54. The van der Waals surface area contributed by atoms with Crippen molar-refractivity contribution in [2.75, 3.05) is 6.26 Å². The van der Waals surface area contributed by atoms with Gasteiger partial charge in [-0.1, -0.05) is 6.92 Å². The van der Waals surface area contributed by atoms with Crippen LogP contribution in [0.1, 0.15) is 18.7 Å². The zero-order valence-corrected chi connectivity index (χ0v) is 19.2. The second kappa shape index (κ2) is 6.92. The summed E-state index contributed by atoms with van der Waals surface area (Å²) in [5.74, 6) is -2.95. The van der Waals surface area contributed by atoms with E-state index in [1.807, 2.05) is 0 Å².